The van der Waals surface area contributed by atoms with Crippen LogP contribution >= 0.6 is 11.8 Å². The number of allylic oxidation sites excluding steroid dienone is 1. The molecule has 0 saturated heterocycles. The third-order valence-electron chi connectivity index (χ3n) is 6.09. The smallest absolute Gasteiger partial charge is 0.255 e. The van der Waals surface area contributed by atoms with Gasteiger partial charge in [0.1, 0.15) is 23.3 Å². The minimum atomic E-state index is -0.505. The van der Waals surface area contributed by atoms with Crippen LogP contribution in [0.5, 0.6) is 17.2 Å². The highest BCUT2D eigenvalue weighted by molar-refractivity contribution is 8.13. The van der Waals surface area contributed by atoms with Crippen LogP contribution in [0.1, 0.15) is 29.7 Å². The predicted molar refractivity (Wildman–Crippen MR) is 150 cm³/mol. The number of amidine groups is 1. The lowest BCUT2D eigenvalue weighted by Crippen LogP contribution is -2.32. The first-order chi connectivity index (χ1) is 17.9. The molecule has 3 aromatic carbocycles. The molecule has 1 aliphatic rings. The summed E-state index contributed by atoms with van der Waals surface area (Å²) in [6, 6.07) is 20.6. The van der Waals surface area contributed by atoms with Gasteiger partial charge in [-0.2, -0.15) is 0 Å². The quantitative estimate of drug-likeness (QED) is 0.389. The van der Waals surface area contributed by atoms with Crippen LogP contribution in [0.2, 0.25) is 0 Å². The van der Waals surface area contributed by atoms with Crippen LogP contribution in [0, 0.1) is 6.92 Å². The van der Waals surface area contributed by atoms with Gasteiger partial charge in [-0.3, -0.25) is 4.79 Å². The van der Waals surface area contributed by atoms with E-state index in [1.165, 1.54) is 11.8 Å². The zero-order valence-corrected chi connectivity index (χ0v) is 22.4. The van der Waals surface area contributed by atoms with Crippen molar-refractivity contribution in [2.45, 2.75) is 25.6 Å². The highest BCUT2D eigenvalue weighted by Gasteiger charge is 2.30. The van der Waals surface area contributed by atoms with E-state index in [1.807, 2.05) is 80.6 Å². The van der Waals surface area contributed by atoms with E-state index in [2.05, 4.69) is 10.6 Å². The summed E-state index contributed by atoms with van der Waals surface area (Å²) in [5.41, 5.74) is 4.89. The molecule has 4 rings (SSSR count). The summed E-state index contributed by atoms with van der Waals surface area (Å²) < 4.78 is 16.5. The fraction of sp³-hybridized carbons (Fsp3) is 0.241. The maximum absolute atomic E-state index is 13.5. The average Bonchev–Trinajstić information content (AvgIpc) is 2.92. The number of thioether (sulfide) groups is 1. The molecule has 1 heterocycles. The molecule has 37 heavy (non-hydrogen) atoms. The standard InChI is InChI=1S/C29H31N3O4S/c1-18-11-12-20(16-25(18)36-5)27-26(28(33)31-22-9-7-6-8-10-22)19(2)30-29(32-27)37-17-21-15-23(34-3)13-14-24(21)35-4/h6-16,27H,17H2,1-5H3,(H,30,32)(H,31,33)/t27-/m1/s1. The lowest BCUT2D eigenvalue weighted by molar-refractivity contribution is -0.113. The number of anilines is 1. The van der Waals surface area contributed by atoms with Gasteiger partial charge in [0.25, 0.3) is 5.91 Å². The Kier molecular flexibility index (Phi) is 8.40. The number of nitrogens with one attached hydrogen (secondary N) is 2. The van der Waals surface area contributed by atoms with E-state index < -0.39 is 6.04 Å². The van der Waals surface area contributed by atoms with Gasteiger partial charge in [-0.1, -0.05) is 42.1 Å². The first-order valence-corrected chi connectivity index (χ1v) is 12.8. The monoisotopic (exact) mass is 517 g/mol. The van der Waals surface area contributed by atoms with Gasteiger partial charge in [0.05, 0.1) is 26.9 Å². The molecule has 0 spiro atoms. The molecule has 0 saturated carbocycles. The highest BCUT2D eigenvalue weighted by Crippen LogP contribution is 2.36. The Hall–Kier alpha value is -3.91. The van der Waals surface area contributed by atoms with Crippen LogP contribution < -0.4 is 24.8 Å². The SMILES string of the molecule is COc1ccc(OC)c(CSC2=N[C@H](c3ccc(C)c(OC)c3)C(C(=O)Nc3ccccc3)=C(C)N2)c1. The molecule has 1 amide bonds. The Morgan fingerprint density at radius 3 is 2.41 bits per heavy atom. The van der Waals surface area contributed by atoms with E-state index in [4.69, 9.17) is 19.2 Å². The zero-order chi connectivity index (χ0) is 26.4. The number of aliphatic imine (C=N–C) groups is 1. The minimum absolute atomic E-state index is 0.206. The molecule has 192 valence electrons. The molecule has 2 N–H and O–H groups in total. The first-order valence-electron chi connectivity index (χ1n) is 11.8. The number of hydrogen-bond donors (Lipinski definition) is 2. The van der Waals surface area contributed by atoms with Gasteiger partial charge in [0, 0.05) is 22.7 Å². The molecule has 1 atom stereocenters. The number of carbonyl (C=O) groups excluding carboxylic acids is 1. The second kappa shape index (κ2) is 11.9. The van der Waals surface area contributed by atoms with Gasteiger partial charge in [-0.15, -0.1) is 0 Å². The normalized spacial score (nSPS) is 14.9. The van der Waals surface area contributed by atoms with Gasteiger partial charge in [-0.25, -0.2) is 4.99 Å². The van der Waals surface area contributed by atoms with E-state index in [1.54, 1.807) is 21.3 Å². The van der Waals surface area contributed by atoms with Crippen LogP contribution in [0.15, 0.2) is 83.0 Å². The number of benzene rings is 3. The van der Waals surface area contributed by atoms with Crippen LogP contribution in [0.3, 0.4) is 0 Å². The van der Waals surface area contributed by atoms with Crippen LogP contribution in [-0.2, 0) is 10.5 Å². The maximum Gasteiger partial charge on any atom is 0.255 e. The summed E-state index contributed by atoms with van der Waals surface area (Å²) in [7, 11) is 4.94. The second-order valence-corrected chi connectivity index (χ2v) is 9.48. The van der Waals surface area contributed by atoms with Crippen molar-refractivity contribution in [2.75, 3.05) is 26.6 Å². The molecule has 0 aliphatic carbocycles. The summed E-state index contributed by atoms with van der Waals surface area (Å²) in [6.45, 7) is 3.89. The number of para-hydroxylation sites is 1. The van der Waals surface area contributed by atoms with Crippen LogP contribution in [0.25, 0.3) is 0 Å². The molecule has 8 heteroatoms. The van der Waals surface area contributed by atoms with Crippen molar-refractivity contribution in [3.63, 3.8) is 0 Å². The van der Waals surface area contributed by atoms with Gasteiger partial charge in [0.15, 0.2) is 5.17 Å². The Morgan fingerprint density at radius 1 is 0.946 bits per heavy atom. The molecule has 0 bridgehead atoms. The topological polar surface area (TPSA) is 81.2 Å². The van der Waals surface area contributed by atoms with E-state index in [0.717, 1.165) is 45.3 Å². The van der Waals surface area contributed by atoms with E-state index in [-0.39, 0.29) is 5.91 Å². The summed E-state index contributed by atoms with van der Waals surface area (Å²) in [6.07, 6.45) is 0. The van der Waals surface area contributed by atoms with Gasteiger partial charge >= 0.3 is 0 Å². The molecular formula is C29H31N3O4S. The Bertz CT molecular complexity index is 1340. The number of rotatable bonds is 8. The lowest BCUT2D eigenvalue weighted by Gasteiger charge is -2.27. The molecule has 0 radical (unpaired) electrons. The van der Waals surface area contributed by atoms with Crippen molar-refractivity contribution in [2.24, 2.45) is 4.99 Å². The average molecular weight is 518 g/mol. The van der Waals surface area contributed by atoms with Crippen molar-refractivity contribution in [1.29, 1.82) is 0 Å². The number of amides is 1. The molecule has 7 nitrogen and oxygen atoms in total. The van der Waals surface area contributed by atoms with E-state index >= 15 is 0 Å². The van der Waals surface area contributed by atoms with Crippen molar-refractivity contribution in [3.05, 3.63) is 94.7 Å². The number of methoxy groups -OCH3 is 3. The first kappa shape index (κ1) is 26.2. The number of hydrogen-bond acceptors (Lipinski definition) is 7. The Labute approximate surface area is 221 Å². The summed E-state index contributed by atoms with van der Waals surface area (Å²) in [4.78, 5) is 18.5. The van der Waals surface area contributed by atoms with E-state index in [0.29, 0.717) is 16.5 Å². The van der Waals surface area contributed by atoms with Crippen molar-refractivity contribution >= 4 is 28.5 Å². The molecule has 0 fully saturated rings. The third-order valence-corrected chi connectivity index (χ3v) is 7.03. The molecule has 0 aromatic heterocycles. The van der Waals surface area contributed by atoms with E-state index in [9.17, 15) is 4.79 Å². The highest BCUT2D eigenvalue weighted by atomic mass is 32.2. The summed E-state index contributed by atoms with van der Waals surface area (Å²) >= 11 is 1.54. The van der Waals surface area contributed by atoms with Crippen molar-refractivity contribution in [1.82, 2.24) is 5.32 Å². The fourth-order valence-electron chi connectivity index (χ4n) is 4.12. The van der Waals surface area contributed by atoms with Crippen molar-refractivity contribution in [3.8, 4) is 17.2 Å². The fourth-order valence-corrected chi connectivity index (χ4v) is 5.05. The number of aryl methyl sites for hydroxylation is 1. The van der Waals surface area contributed by atoms with Crippen molar-refractivity contribution < 1.29 is 19.0 Å². The summed E-state index contributed by atoms with van der Waals surface area (Å²) in [5, 5.41) is 7.06. The lowest BCUT2D eigenvalue weighted by atomic mass is 9.94. The number of ether oxygens (including phenoxy) is 3. The molecule has 3 aromatic rings. The molecule has 0 unspecified atom stereocenters. The number of nitrogens with zero attached hydrogens (tertiary/aromatic N) is 1. The molecular weight excluding hydrogens is 486 g/mol. The largest absolute Gasteiger partial charge is 0.497 e. The summed E-state index contributed by atoms with van der Waals surface area (Å²) in [5.74, 6) is 2.69. The zero-order valence-electron chi connectivity index (χ0n) is 21.6. The third kappa shape index (κ3) is 6.09. The second-order valence-electron chi connectivity index (χ2n) is 8.52. The molecule has 1 aliphatic heterocycles. The Balaban J connectivity index is 1.66. The maximum atomic E-state index is 13.5. The van der Waals surface area contributed by atoms with Gasteiger partial charge in [-0.05, 0) is 61.4 Å². The number of carbonyl (C=O) groups is 1. The predicted octanol–water partition coefficient (Wildman–Crippen LogP) is 5.87. The van der Waals surface area contributed by atoms with Gasteiger partial charge in [0.2, 0.25) is 0 Å². The van der Waals surface area contributed by atoms with Gasteiger partial charge < -0.3 is 24.8 Å². The Morgan fingerprint density at radius 2 is 1.70 bits per heavy atom. The minimum Gasteiger partial charge on any atom is -0.497 e. The van der Waals surface area contributed by atoms with Crippen LogP contribution in [0.4, 0.5) is 5.69 Å². The van der Waals surface area contributed by atoms with Crippen LogP contribution in [-0.4, -0.2) is 32.4 Å².